The Bertz CT molecular complexity index is 1210. The number of hydrogen-bond donors (Lipinski definition) is 2. The Morgan fingerprint density at radius 3 is 2.81 bits per heavy atom. The first-order valence-electron chi connectivity index (χ1n) is 8.40. The lowest BCUT2D eigenvalue weighted by Crippen LogP contribution is -2.33. The van der Waals surface area contributed by atoms with Crippen molar-refractivity contribution in [1.82, 2.24) is 4.98 Å². The van der Waals surface area contributed by atoms with Crippen molar-refractivity contribution in [3.8, 4) is 0 Å². The third-order valence-electron chi connectivity index (χ3n) is 4.53. The SMILES string of the molecule is CC(=O)N1CCCc2cc(S(=O)(=O)Nc3ccc4[nH]c(=O)oc4c3)ccc21. The van der Waals surface area contributed by atoms with E-state index in [0.717, 1.165) is 17.7 Å². The fourth-order valence-corrected chi connectivity index (χ4v) is 4.39. The van der Waals surface area contributed by atoms with Crippen molar-refractivity contribution in [1.29, 1.82) is 0 Å². The fourth-order valence-electron chi connectivity index (χ4n) is 3.29. The van der Waals surface area contributed by atoms with Crippen LogP contribution in [0.5, 0.6) is 0 Å². The zero-order valence-corrected chi connectivity index (χ0v) is 15.3. The van der Waals surface area contributed by atoms with Crippen LogP contribution in [0.1, 0.15) is 18.9 Å². The predicted molar refractivity (Wildman–Crippen MR) is 100 cm³/mol. The lowest BCUT2D eigenvalue weighted by molar-refractivity contribution is -0.116. The number of nitrogens with one attached hydrogen (secondary N) is 2. The lowest BCUT2D eigenvalue weighted by atomic mass is 10.0. The minimum absolute atomic E-state index is 0.0639. The normalized spacial score (nSPS) is 14.2. The molecule has 0 atom stereocenters. The predicted octanol–water partition coefficient (Wildman–Crippen LogP) is 2.22. The number of benzene rings is 2. The Balaban J connectivity index is 1.67. The molecule has 0 aliphatic carbocycles. The van der Waals surface area contributed by atoms with Crippen molar-refractivity contribution >= 4 is 38.4 Å². The number of oxazole rings is 1. The van der Waals surface area contributed by atoms with Gasteiger partial charge in [-0.25, -0.2) is 13.2 Å². The van der Waals surface area contributed by atoms with E-state index < -0.39 is 15.8 Å². The minimum atomic E-state index is -3.83. The second-order valence-corrected chi connectivity index (χ2v) is 8.08. The number of amides is 1. The number of anilines is 2. The molecule has 0 unspecified atom stereocenters. The number of carbonyl (C=O) groups is 1. The van der Waals surface area contributed by atoms with Crippen LogP contribution in [0.25, 0.3) is 11.1 Å². The lowest BCUT2D eigenvalue weighted by Gasteiger charge is -2.28. The number of aryl methyl sites for hydroxylation is 1. The number of H-pyrrole nitrogens is 1. The third-order valence-corrected chi connectivity index (χ3v) is 5.91. The minimum Gasteiger partial charge on any atom is -0.408 e. The van der Waals surface area contributed by atoms with Crippen molar-refractivity contribution < 1.29 is 17.6 Å². The highest BCUT2D eigenvalue weighted by molar-refractivity contribution is 7.92. The Morgan fingerprint density at radius 2 is 2.04 bits per heavy atom. The molecule has 0 bridgehead atoms. The highest BCUT2D eigenvalue weighted by atomic mass is 32.2. The van der Waals surface area contributed by atoms with Gasteiger partial charge in [0, 0.05) is 25.2 Å². The Hall–Kier alpha value is -3.07. The molecular weight excluding hydrogens is 370 g/mol. The van der Waals surface area contributed by atoms with Gasteiger partial charge in [-0.15, -0.1) is 0 Å². The average molecular weight is 387 g/mol. The summed E-state index contributed by atoms with van der Waals surface area (Å²) >= 11 is 0. The molecule has 9 heteroatoms. The van der Waals surface area contributed by atoms with Gasteiger partial charge in [0.1, 0.15) is 0 Å². The molecule has 0 radical (unpaired) electrons. The van der Waals surface area contributed by atoms with Crippen LogP contribution in [0.4, 0.5) is 11.4 Å². The van der Waals surface area contributed by atoms with Gasteiger partial charge in [0.2, 0.25) is 5.91 Å². The van der Waals surface area contributed by atoms with Gasteiger partial charge in [-0.2, -0.15) is 0 Å². The summed E-state index contributed by atoms with van der Waals surface area (Å²) in [6.07, 6.45) is 1.50. The molecule has 0 fully saturated rings. The molecule has 1 aliphatic heterocycles. The van der Waals surface area contributed by atoms with Crippen LogP contribution in [0.3, 0.4) is 0 Å². The number of aromatic nitrogens is 1. The summed E-state index contributed by atoms with van der Waals surface area (Å²) in [4.78, 5) is 27.3. The van der Waals surface area contributed by atoms with Crippen LogP contribution in [0.2, 0.25) is 0 Å². The summed E-state index contributed by atoms with van der Waals surface area (Å²) in [5.74, 6) is -0.666. The molecule has 2 N–H and O–H groups in total. The topological polar surface area (TPSA) is 112 Å². The molecule has 0 saturated carbocycles. The molecule has 4 rings (SSSR count). The van der Waals surface area contributed by atoms with Gasteiger partial charge in [-0.05, 0) is 48.7 Å². The molecule has 0 spiro atoms. The quantitative estimate of drug-likeness (QED) is 0.716. The van der Waals surface area contributed by atoms with E-state index in [0.29, 0.717) is 18.5 Å². The fraction of sp³-hybridized carbons (Fsp3) is 0.222. The summed E-state index contributed by atoms with van der Waals surface area (Å²) in [6, 6.07) is 9.30. The van der Waals surface area contributed by atoms with Crippen LogP contribution >= 0.6 is 0 Å². The molecule has 2 heterocycles. The van der Waals surface area contributed by atoms with Crippen molar-refractivity contribution in [2.24, 2.45) is 0 Å². The number of sulfonamides is 1. The Kier molecular flexibility index (Phi) is 4.03. The first-order valence-corrected chi connectivity index (χ1v) is 9.88. The molecule has 27 heavy (non-hydrogen) atoms. The second-order valence-electron chi connectivity index (χ2n) is 6.40. The van der Waals surface area contributed by atoms with Crippen molar-refractivity contribution in [3.05, 3.63) is 52.5 Å². The van der Waals surface area contributed by atoms with Crippen LogP contribution in [0, 0.1) is 0 Å². The zero-order chi connectivity index (χ0) is 19.2. The number of nitrogens with zero attached hydrogens (tertiary/aromatic N) is 1. The first-order chi connectivity index (χ1) is 12.8. The van der Waals surface area contributed by atoms with E-state index in [-0.39, 0.29) is 22.1 Å². The van der Waals surface area contributed by atoms with E-state index in [9.17, 15) is 18.0 Å². The molecular formula is C18H17N3O5S. The number of rotatable bonds is 3. The van der Waals surface area contributed by atoms with Gasteiger partial charge < -0.3 is 9.32 Å². The van der Waals surface area contributed by atoms with E-state index in [1.807, 2.05) is 0 Å². The molecule has 1 amide bonds. The molecule has 1 aliphatic rings. The summed E-state index contributed by atoms with van der Waals surface area (Å²) in [5, 5.41) is 0. The number of fused-ring (bicyclic) bond motifs is 2. The van der Waals surface area contributed by atoms with Crippen molar-refractivity contribution in [2.75, 3.05) is 16.2 Å². The van der Waals surface area contributed by atoms with Gasteiger partial charge >= 0.3 is 5.76 Å². The van der Waals surface area contributed by atoms with Crippen LogP contribution in [0.15, 0.2) is 50.5 Å². The summed E-state index contributed by atoms with van der Waals surface area (Å²) in [6.45, 7) is 2.13. The maximum Gasteiger partial charge on any atom is 0.417 e. The molecule has 3 aromatic rings. The average Bonchev–Trinajstić information content (AvgIpc) is 2.99. The largest absolute Gasteiger partial charge is 0.417 e. The highest BCUT2D eigenvalue weighted by Crippen LogP contribution is 2.30. The maximum atomic E-state index is 12.8. The third kappa shape index (κ3) is 3.21. The number of carbonyl (C=O) groups excluding carboxylic acids is 1. The maximum absolute atomic E-state index is 12.8. The van der Waals surface area contributed by atoms with Crippen LogP contribution in [-0.2, 0) is 21.2 Å². The monoisotopic (exact) mass is 387 g/mol. The number of aromatic amines is 1. The van der Waals surface area contributed by atoms with E-state index in [2.05, 4.69) is 9.71 Å². The van der Waals surface area contributed by atoms with E-state index in [1.54, 1.807) is 29.2 Å². The highest BCUT2D eigenvalue weighted by Gasteiger charge is 2.23. The molecule has 140 valence electrons. The van der Waals surface area contributed by atoms with E-state index in [1.165, 1.54) is 19.1 Å². The van der Waals surface area contributed by atoms with Crippen molar-refractivity contribution in [2.45, 2.75) is 24.7 Å². The number of hydrogen-bond acceptors (Lipinski definition) is 5. The van der Waals surface area contributed by atoms with E-state index >= 15 is 0 Å². The second kappa shape index (κ2) is 6.27. The molecule has 0 saturated heterocycles. The van der Waals surface area contributed by atoms with E-state index in [4.69, 9.17) is 4.42 Å². The summed E-state index contributed by atoms with van der Waals surface area (Å²) in [5.41, 5.74) is 2.62. The Labute approximate surface area is 154 Å². The Morgan fingerprint density at radius 1 is 1.22 bits per heavy atom. The molecule has 2 aromatic carbocycles. The van der Waals surface area contributed by atoms with Gasteiger partial charge in [-0.3, -0.25) is 14.5 Å². The summed E-state index contributed by atoms with van der Waals surface area (Å²) in [7, 11) is -3.83. The van der Waals surface area contributed by atoms with Crippen LogP contribution < -0.4 is 15.4 Å². The van der Waals surface area contributed by atoms with Gasteiger partial charge in [0.15, 0.2) is 5.58 Å². The summed E-state index contributed by atoms with van der Waals surface area (Å²) < 4.78 is 33.0. The van der Waals surface area contributed by atoms with Crippen molar-refractivity contribution in [3.63, 3.8) is 0 Å². The van der Waals surface area contributed by atoms with Crippen LogP contribution in [-0.4, -0.2) is 25.9 Å². The molecule has 8 nitrogen and oxygen atoms in total. The first kappa shape index (κ1) is 17.3. The smallest absolute Gasteiger partial charge is 0.408 e. The van der Waals surface area contributed by atoms with Gasteiger partial charge in [0.05, 0.1) is 16.1 Å². The molecule has 1 aromatic heterocycles. The standard InChI is InChI=1S/C18H17N3O5S/c1-11(22)21-8-2-3-12-9-14(5-7-16(12)21)27(24,25)20-13-4-6-15-17(10-13)26-18(23)19-15/h4-7,9-10,20H,2-3,8H2,1H3,(H,19,23). The zero-order valence-electron chi connectivity index (χ0n) is 14.5. The van der Waals surface area contributed by atoms with Gasteiger partial charge in [0.25, 0.3) is 10.0 Å². The van der Waals surface area contributed by atoms with Gasteiger partial charge in [-0.1, -0.05) is 0 Å².